The van der Waals surface area contributed by atoms with E-state index in [1.807, 2.05) is 40.7 Å². The zero-order valence-corrected chi connectivity index (χ0v) is 15.7. The summed E-state index contributed by atoms with van der Waals surface area (Å²) in [6.07, 6.45) is 0.373. The van der Waals surface area contributed by atoms with E-state index >= 15 is 0 Å². The molecule has 1 aromatic heterocycles. The van der Waals surface area contributed by atoms with Gasteiger partial charge in [-0.3, -0.25) is 4.90 Å². The summed E-state index contributed by atoms with van der Waals surface area (Å²) in [4.78, 5) is 22.4. The summed E-state index contributed by atoms with van der Waals surface area (Å²) in [6, 6.07) is 1.81. The summed E-state index contributed by atoms with van der Waals surface area (Å²) >= 11 is 2.24. The number of halogens is 1. The number of carbonyl (C=O) groups excluding carboxylic acids is 1. The summed E-state index contributed by atoms with van der Waals surface area (Å²) in [6.45, 7) is 9.84. The maximum atomic E-state index is 12.2. The van der Waals surface area contributed by atoms with Crippen LogP contribution in [0.3, 0.4) is 0 Å². The molecular formula is C15H22IN3O3. The highest BCUT2D eigenvalue weighted by Gasteiger charge is 2.37. The minimum absolute atomic E-state index is 0.0569. The first-order valence-electron chi connectivity index (χ1n) is 7.26. The Kier molecular flexibility index (Phi) is 5.14. The van der Waals surface area contributed by atoms with Crippen LogP contribution in [0.25, 0.3) is 0 Å². The average Bonchev–Trinajstić information content (AvgIpc) is 2.66. The summed E-state index contributed by atoms with van der Waals surface area (Å²) in [5.74, 6) is 1.24. The number of amides is 1. The molecule has 0 radical (unpaired) electrons. The van der Waals surface area contributed by atoms with E-state index in [9.17, 15) is 4.79 Å². The van der Waals surface area contributed by atoms with Crippen LogP contribution >= 0.6 is 22.6 Å². The second-order valence-electron chi connectivity index (χ2n) is 6.44. The van der Waals surface area contributed by atoms with Crippen LogP contribution in [0.2, 0.25) is 0 Å². The third-order valence-corrected chi connectivity index (χ3v) is 4.23. The Labute approximate surface area is 144 Å². The molecule has 0 spiro atoms. The second kappa shape index (κ2) is 6.55. The Morgan fingerprint density at radius 3 is 2.64 bits per heavy atom. The van der Waals surface area contributed by atoms with Gasteiger partial charge >= 0.3 is 6.09 Å². The van der Waals surface area contributed by atoms with E-state index in [1.54, 1.807) is 4.90 Å². The van der Waals surface area contributed by atoms with E-state index < -0.39 is 5.60 Å². The second-order valence-corrected chi connectivity index (χ2v) is 7.88. The van der Waals surface area contributed by atoms with Crippen LogP contribution in [-0.4, -0.2) is 43.3 Å². The molecular weight excluding hydrogens is 397 g/mol. The van der Waals surface area contributed by atoms with Gasteiger partial charge in [-0.2, -0.15) is 4.98 Å². The largest absolute Gasteiger partial charge is 0.472 e. The molecule has 1 fully saturated rings. The van der Waals surface area contributed by atoms with Crippen LogP contribution < -0.4 is 4.74 Å². The maximum Gasteiger partial charge on any atom is 0.411 e. The molecule has 0 unspecified atom stereocenters. The van der Waals surface area contributed by atoms with Crippen LogP contribution in [0.15, 0.2) is 6.07 Å². The van der Waals surface area contributed by atoms with Crippen LogP contribution in [0.5, 0.6) is 5.88 Å². The van der Waals surface area contributed by atoms with Crippen LogP contribution in [-0.2, 0) is 4.74 Å². The van der Waals surface area contributed by atoms with E-state index in [0.29, 0.717) is 18.2 Å². The van der Waals surface area contributed by atoms with Gasteiger partial charge in [-0.05, 0) is 34.6 Å². The van der Waals surface area contributed by atoms with Crippen molar-refractivity contribution in [3.8, 4) is 5.88 Å². The number of hydrogen-bond acceptors (Lipinski definition) is 5. The molecule has 0 N–H and O–H groups in total. The number of alkyl halides is 1. The Hall–Kier alpha value is -1.12. The molecule has 22 heavy (non-hydrogen) atoms. The summed E-state index contributed by atoms with van der Waals surface area (Å²) in [7, 11) is 0. The quantitative estimate of drug-likeness (QED) is 0.419. The van der Waals surface area contributed by atoms with Gasteiger partial charge in [0.25, 0.3) is 0 Å². The highest BCUT2D eigenvalue weighted by Crippen LogP contribution is 2.28. The minimum atomic E-state index is -0.493. The van der Waals surface area contributed by atoms with Crippen molar-refractivity contribution in [3.63, 3.8) is 0 Å². The molecule has 6 nitrogen and oxygen atoms in total. The number of aryl methyl sites for hydroxylation is 2. The Morgan fingerprint density at radius 2 is 2.05 bits per heavy atom. The van der Waals surface area contributed by atoms with Crippen molar-refractivity contribution in [3.05, 3.63) is 17.6 Å². The van der Waals surface area contributed by atoms with Crippen LogP contribution in [0.4, 0.5) is 4.79 Å². The number of likely N-dealkylation sites (tertiary alicyclic amines) is 1. The lowest BCUT2D eigenvalue weighted by molar-refractivity contribution is 0.0266. The fourth-order valence-electron chi connectivity index (χ4n) is 2.26. The molecule has 1 saturated heterocycles. The van der Waals surface area contributed by atoms with E-state index in [-0.39, 0.29) is 16.2 Å². The van der Waals surface area contributed by atoms with Crippen molar-refractivity contribution in [2.24, 2.45) is 0 Å². The molecule has 0 saturated carbocycles. The van der Waals surface area contributed by atoms with Gasteiger partial charge in [0.05, 0.1) is 10.6 Å². The lowest BCUT2D eigenvalue weighted by Crippen LogP contribution is -2.38. The molecule has 1 aliphatic heterocycles. The maximum absolute atomic E-state index is 12.2. The molecule has 2 atom stereocenters. The zero-order valence-electron chi connectivity index (χ0n) is 13.6. The number of hydrogen-bond donors (Lipinski definition) is 0. The molecule has 2 heterocycles. The van der Waals surface area contributed by atoms with E-state index in [1.165, 1.54) is 0 Å². The number of nitrogens with zero attached hydrogens (tertiary/aromatic N) is 3. The molecule has 1 aliphatic rings. The smallest absolute Gasteiger partial charge is 0.411 e. The van der Waals surface area contributed by atoms with Crippen LogP contribution in [0.1, 0.15) is 38.7 Å². The van der Waals surface area contributed by atoms with Gasteiger partial charge in [-0.15, -0.1) is 0 Å². The zero-order chi connectivity index (χ0) is 16.5. The van der Waals surface area contributed by atoms with Gasteiger partial charge in [0, 0.05) is 18.2 Å². The first-order chi connectivity index (χ1) is 10.1. The van der Waals surface area contributed by atoms with Gasteiger partial charge in [0.1, 0.15) is 17.5 Å². The van der Waals surface area contributed by atoms with Crippen molar-refractivity contribution >= 4 is 28.7 Å². The first kappa shape index (κ1) is 17.2. The topological polar surface area (TPSA) is 64.5 Å². The Bertz CT molecular complexity index is 539. The van der Waals surface area contributed by atoms with Crippen molar-refractivity contribution in [1.82, 2.24) is 14.9 Å². The SMILES string of the molecule is Cc1cc(O[C@@H]2C[C@H](I)N(C(=O)OC(C)(C)C)C2)nc(C)n1. The fourth-order valence-corrected chi connectivity index (χ4v) is 3.28. The summed E-state index contributed by atoms with van der Waals surface area (Å²) in [5.41, 5.74) is 0.378. The number of rotatable bonds is 2. The lowest BCUT2D eigenvalue weighted by Gasteiger charge is -2.26. The van der Waals surface area contributed by atoms with E-state index in [2.05, 4.69) is 32.6 Å². The van der Waals surface area contributed by atoms with Gasteiger partial charge in [0.15, 0.2) is 0 Å². The third kappa shape index (κ3) is 4.69. The van der Waals surface area contributed by atoms with Crippen molar-refractivity contribution in [1.29, 1.82) is 0 Å². The number of carbonyl (C=O) groups is 1. The minimum Gasteiger partial charge on any atom is -0.472 e. The first-order valence-corrected chi connectivity index (χ1v) is 8.51. The molecule has 2 rings (SSSR count). The van der Waals surface area contributed by atoms with Crippen LogP contribution in [0, 0.1) is 13.8 Å². The van der Waals surface area contributed by atoms with E-state index in [4.69, 9.17) is 9.47 Å². The normalized spacial score (nSPS) is 21.8. The van der Waals surface area contributed by atoms with Gasteiger partial charge < -0.3 is 9.47 Å². The lowest BCUT2D eigenvalue weighted by atomic mass is 10.2. The molecule has 122 valence electrons. The number of ether oxygens (including phenoxy) is 2. The summed E-state index contributed by atoms with van der Waals surface area (Å²) in [5, 5.41) is 0. The highest BCUT2D eigenvalue weighted by molar-refractivity contribution is 14.1. The van der Waals surface area contributed by atoms with Gasteiger partial charge in [0.2, 0.25) is 5.88 Å². The highest BCUT2D eigenvalue weighted by atomic mass is 127. The van der Waals surface area contributed by atoms with Crippen molar-refractivity contribution in [2.75, 3.05) is 6.54 Å². The average molecular weight is 419 g/mol. The standard InChI is InChI=1S/C15H22IN3O3/c1-9-6-13(18-10(2)17-9)21-11-7-12(16)19(8-11)14(20)22-15(3,4)5/h6,11-12H,7-8H2,1-5H3/t11-,12-/m1/s1. The third-order valence-electron chi connectivity index (χ3n) is 3.05. The summed E-state index contributed by atoms with van der Waals surface area (Å²) < 4.78 is 11.4. The Morgan fingerprint density at radius 1 is 1.36 bits per heavy atom. The van der Waals surface area contributed by atoms with Crippen molar-refractivity contribution in [2.45, 2.75) is 56.8 Å². The molecule has 1 aromatic rings. The van der Waals surface area contributed by atoms with Crippen molar-refractivity contribution < 1.29 is 14.3 Å². The fraction of sp³-hybridized carbons (Fsp3) is 0.667. The molecule has 1 amide bonds. The predicted octanol–water partition coefficient (Wildman–Crippen LogP) is 3.24. The van der Waals surface area contributed by atoms with Gasteiger partial charge in [-0.1, -0.05) is 22.6 Å². The van der Waals surface area contributed by atoms with E-state index in [0.717, 1.165) is 12.1 Å². The molecule has 7 heteroatoms. The monoisotopic (exact) mass is 419 g/mol. The predicted molar refractivity (Wildman–Crippen MR) is 91.3 cm³/mol. The Balaban J connectivity index is 2.00. The van der Waals surface area contributed by atoms with Gasteiger partial charge in [-0.25, -0.2) is 9.78 Å². The molecule has 0 aliphatic carbocycles. The molecule has 0 bridgehead atoms. The number of aromatic nitrogens is 2. The molecule has 0 aromatic carbocycles.